The van der Waals surface area contributed by atoms with Crippen LogP contribution in [0.4, 0.5) is 0 Å². The summed E-state index contributed by atoms with van der Waals surface area (Å²) in [6.07, 6.45) is 9.60. The van der Waals surface area contributed by atoms with Crippen LogP contribution in [-0.4, -0.2) is 43.9 Å². The average Bonchev–Trinajstić information content (AvgIpc) is 1.73. The number of thiazole rings is 1. The van der Waals surface area contributed by atoms with Crippen molar-refractivity contribution >= 4 is 22.4 Å². The molecular formula is C74H47N9S. The highest BCUT2D eigenvalue weighted by molar-refractivity contribution is 7.17. The van der Waals surface area contributed by atoms with Crippen LogP contribution in [0.1, 0.15) is 22.3 Å². The fraction of sp³-hybridized carbons (Fsp3) is 0.0135. The number of imidazole rings is 1. The molecule has 0 bridgehead atoms. The van der Waals surface area contributed by atoms with E-state index in [9.17, 15) is 0 Å². The maximum atomic E-state index is 5.04. The van der Waals surface area contributed by atoms with Crippen molar-refractivity contribution in [3.8, 4) is 111 Å². The van der Waals surface area contributed by atoms with Gasteiger partial charge in [-0.2, -0.15) is 15.3 Å². The van der Waals surface area contributed by atoms with Gasteiger partial charge in [-0.1, -0.05) is 181 Å². The second-order valence-electron chi connectivity index (χ2n) is 21.5. The fourth-order valence-corrected chi connectivity index (χ4v) is 13.9. The maximum absolute atomic E-state index is 5.04. The van der Waals surface area contributed by atoms with Crippen molar-refractivity contribution in [1.29, 1.82) is 0 Å². The Morgan fingerprint density at radius 2 is 0.905 bits per heavy atom. The van der Waals surface area contributed by atoms with E-state index in [-0.39, 0.29) is 0 Å². The minimum atomic E-state index is -0.494. The summed E-state index contributed by atoms with van der Waals surface area (Å²) >= 11 is 1.64. The lowest BCUT2D eigenvalue weighted by Crippen LogP contribution is -2.25. The molecule has 0 saturated heterocycles. The molecule has 0 N–H and O–H groups in total. The van der Waals surface area contributed by atoms with E-state index < -0.39 is 5.41 Å². The summed E-state index contributed by atoms with van der Waals surface area (Å²) in [5, 5.41) is 16.4. The first kappa shape index (κ1) is 47.7. The van der Waals surface area contributed by atoms with Crippen molar-refractivity contribution < 1.29 is 0 Å². The Morgan fingerprint density at radius 1 is 0.357 bits per heavy atom. The van der Waals surface area contributed by atoms with Crippen molar-refractivity contribution in [1.82, 2.24) is 43.9 Å². The Hall–Kier alpha value is -11.1. The van der Waals surface area contributed by atoms with Crippen LogP contribution < -0.4 is 0 Å². The Labute approximate surface area is 488 Å². The Kier molecular flexibility index (Phi) is 10.8. The van der Waals surface area contributed by atoms with Gasteiger partial charge in [0.2, 0.25) is 5.95 Å². The number of nitrogens with zero attached hydrogens (tertiary/aromatic N) is 9. The van der Waals surface area contributed by atoms with Gasteiger partial charge in [0, 0.05) is 36.0 Å². The molecule has 0 aliphatic heterocycles. The van der Waals surface area contributed by atoms with Crippen LogP contribution in [0.2, 0.25) is 0 Å². The molecule has 1 spiro atoms. The largest absolute Gasteiger partial charge is 0.277 e. The van der Waals surface area contributed by atoms with Crippen LogP contribution in [-0.2, 0) is 5.41 Å². The van der Waals surface area contributed by atoms with E-state index in [1.807, 2.05) is 93.4 Å². The number of aromatic nitrogens is 9. The molecule has 394 valence electrons. The van der Waals surface area contributed by atoms with Gasteiger partial charge in [-0.05, 0) is 174 Å². The van der Waals surface area contributed by atoms with Crippen molar-refractivity contribution in [2.24, 2.45) is 0 Å². The molecule has 0 amide bonds. The summed E-state index contributed by atoms with van der Waals surface area (Å²) < 4.78 is 7.76. The standard InChI is InChI=1S/C74H47N9S/c1-2-22-57(23-3-1)83-70-30-9-8-29-69(70)77-73(83)82-40-36-68(79-82)67-35-39-80(78-67)58-24-13-20-53(44-58)50-17-10-15-48(41-50)49-16-11-18-51(42-49)54-32-34-65-62(45-54)60-26-5-7-28-64(60)74(65)63-27-6-4-25-59(63)61-33-31-55(46-66(61)74)52-19-12-21-56(43-52)72-75-47-71(84-72)81-38-14-37-76-81/h1-47H. The smallest absolute Gasteiger partial charge is 0.236 e. The molecule has 84 heavy (non-hydrogen) atoms. The molecule has 9 nitrogen and oxygen atoms in total. The minimum Gasteiger partial charge on any atom is -0.277 e. The third kappa shape index (κ3) is 7.58. The van der Waals surface area contributed by atoms with Crippen molar-refractivity contribution in [2.45, 2.75) is 5.41 Å². The lowest BCUT2D eigenvalue weighted by atomic mass is 9.70. The summed E-state index contributed by atoms with van der Waals surface area (Å²) in [5.41, 5.74) is 25.6. The van der Waals surface area contributed by atoms with Gasteiger partial charge in [-0.15, -0.1) is 0 Å². The molecule has 2 aliphatic rings. The number of hydrogen-bond acceptors (Lipinski definition) is 6. The quantitative estimate of drug-likeness (QED) is 0.136. The number of hydrogen-bond donors (Lipinski definition) is 0. The molecular weight excluding hydrogens is 1050 g/mol. The Morgan fingerprint density at radius 3 is 1.63 bits per heavy atom. The first-order valence-corrected chi connectivity index (χ1v) is 28.9. The highest BCUT2D eigenvalue weighted by atomic mass is 32.1. The molecule has 5 aromatic heterocycles. The summed E-state index contributed by atoms with van der Waals surface area (Å²) in [6.45, 7) is 0. The van der Waals surface area contributed by atoms with Gasteiger partial charge in [0.25, 0.3) is 0 Å². The van der Waals surface area contributed by atoms with Gasteiger partial charge >= 0.3 is 0 Å². The molecule has 17 rings (SSSR count). The van der Waals surface area contributed by atoms with Crippen LogP contribution in [0.3, 0.4) is 0 Å². The third-order valence-electron chi connectivity index (χ3n) is 16.8. The molecule has 2 aliphatic carbocycles. The van der Waals surface area contributed by atoms with Crippen molar-refractivity contribution in [3.63, 3.8) is 0 Å². The summed E-state index contributed by atoms with van der Waals surface area (Å²) in [6, 6.07) is 91.9. The van der Waals surface area contributed by atoms with Gasteiger partial charge in [-0.3, -0.25) is 4.57 Å². The predicted octanol–water partition coefficient (Wildman–Crippen LogP) is 17.4. The van der Waals surface area contributed by atoms with E-state index in [0.29, 0.717) is 5.95 Å². The van der Waals surface area contributed by atoms with E-state index in [4.69, 9.17) is 20.2 Å². The summed E-state index contributed by atoms with van der Waals surface area (Å²) in [5.74, 6) is 0.711. The zero-order valence-corrected chi connectivity index (χ0v) is 45.9. The van der Waals surface area contributed by atoms with Crippen molar-refractivity contribution in [2.75, 3.05) is 0 Å². The van der Waals surface area contributed by atoms with E-state index in [1.165, 1.54) is 61.2 Å². The van der Waals surface area contributed by atoms with Crippen LogP contribution in [0.15, 0.2) is 286 Å². The van der Waals surface area contributed by atoms with Gasteiger partial charge in [-0.25, -0.2) is 24.0 Å². The molecule has 5 heterocycles. The average molecular weight is 1090 g/mol. The first-order chi connectivity index (χ1) is 41.6. The van der Waals surface area contributed by atoms with E-state index >= 15 is 0 Å². The lowest BCUT2D eigenvalue weighted by molar-refractivity contribution is 0.794. The topological polar surface area (TPSA) is 84.2 Å². The number of benzene rings is 10. The monoisotopic (exact) mass is 1090 g/mol. The third-order valence-corrected chi connectivity index (χ3v) is 17.8. The number of rotatable bonds is 10. The molecule has 10 aromatic carbocycles. The number of para-hydroxylation sites is 3. The molecule has 0 fully saturated rings. The maximum Gasteiger partial charge on any atom is 0.236 e. The Bertz CT molecular complexity index is 5060. The molecule has 0 saturated carbocycles. The van der Waals surface area contributed by atoms with Gasteiger partial charge in [0.05, 0.1) is 28.3 Å². The van der Waals surface area contributed by atoms with Crippen LogP contribution in [0.25, 0.3) is 122 Å². The van der Waals surface area contributed by atoms with Gasteiger partial charge in [0.15, 0.2) is 0 Å². The second kappa shape index (κ2) is 19.0. The normalized spacial score (nSPS) is 13.8. The minimum absolute atomic E-state index is 0.494. The molecule has 15 aromatic rings. The lowest BCUT2D eigenvalue weighted by Gasteiger charge is -2.31. The van der Waals surface area contributed by atoms with Crippen LogP contribution >= 0.6 is 11.3 Å². The fourth-order valence-electron chi connectivity index (χ4n) is 13.0. The Balaban J connectivity index is 0.675. The zero-order valence-electron chi connectivity index (χ0n) is 45.1. The van der Waals surface area contributed by atoms with Gasteiger partial charge < -0.3 is 0 Å². The van der Waals surface area contributed by atoms with E-state index in [0.717, 1.165) is 77.2 Å². The van der Waals surface area contributed by atoms with Crippen LogP contribution in [0, 0.1) is 0 Å². The SMILES string of the molecule is c1ccc(-n2c(-n3ccc(-c4ccn(-c5cccc(-c6cccc(-c7cccc(-c8ccc9c(c8)-c8ccccc8C98c9ccccc9-c9ccc(-c%10cccc(-c%11ncc(-n%12cccn%12)s%11)c%10)cc98)c7)c6)c5)n4)n3)nc3ccccc32)cc1. The molecule has 10 heteroatoms. The summed E-state index contributed by atoms with van der Waals surface area (Å²) in [4.78, 5) is 9.82. The molecule has 0 radical (unpaired) electrons. The van der Waals surface area contributed by atoms with Crippen molar-refractivity contribution in [3.05, 3.63) is 308 Å². The van der Waals surface area contributed by atoms with E-state index in [1.54, 1.807) is 17.5 Å². The predicted molar refractivity (Wildman–Crippen MR) is 337 cm³/mol. The molecule has 1 atom stereocenters. The number of fused-ring (bicyclic) bond motifs is 11. The second-order valence-corrected chi connectivity index (χ2v) is 22.5. The van der Waals surface area contributed by atoms with Gasteiger partial charge in [0.1, 0.15) is 21.4 Å². The highest BCUT2D eigenvalue weighted by Crippen LogP contribution is 2.63. The van der Waals surface area contributed by atoms with E-state index in [2.05, 4.69) is 210 Å². The zero-order chi connectivity index (χ0) is 55.3. The first-order valence-electron chi connectivity index (χ1n) is 28.1. The summed E-state index contributed by atoms with van der Waals surface area (Å²) in [7, 11) is 0. The van der Waals surface area contributed by atoms with Crippen LogP contribution in [0.5, 0.6) is 0 Å². The highest BCUT2D eigenvalue weighted by Gasteiger charge is 2.51. The molecule has 1 unspecified atom stereocenters.